The van der Waals surface area contributed by atoms with E-state index in [0.29, 0.717) is 12.3 Å². The fraction of sp³-hybridized carbons (Fsp3) is 0.893. The van der Waals surface area contributed by atoms with E-state index in [-0.39, 0.29) is 11.6 Å². The minimum atomic E-state index is -0.330. The number of hydrogen-bond donors (Lipinski definition) is 0. The number of unbranched alkanes of at least 4 members (excludes halogenated alkanes) is 14. The van der Waals surface area contributed by atoms with E-state index in [1.165, 1.54) is 95.5 Å². The zero-order chi connectivity index (χ0) is 22.1. The maximum absolute atomic E-state index is 12.3. The average Bonchev–Trinajstić information content (AvgIpc) is 2.71. The summed E-state index contributed by atoms with van der Waals surface area (Å²) in [5.41, 5.74) is 1.15. The molecule has 0 aromatic heterocycles. The van der Waals surface area contributed by atoms with Crippen molar-refractivity contribution in [3.8, 4) is 0 Å². The zero-order valence-electron chi connectivity index (χ0n) is 20.9. The molecule has 0 aromatic carbocycles. The van der Waals surface area contributed by atoms with Crippen molar-refractivity contribution in [3.63, 3.8) is 0 Å². The summed E-state index contributed by atoms with van der Waals surface area (Å²) >= 11 is 0. The average molecular weight is 421 g/mol. The normalized spacial score (nSPS) is 17.1. The first-order valence-electron chi connectivity index (χ1n) is 13.3. The lowest BCUT2D eigenvalue weighted by atomic mass is 9.79. The van der Waals surface area contributed by atoms with Crippen LogP contribution in [0, 0.1) is 5.92 Å². The van der Waals surface area contributed by atoms with Crippen LogP contribution < -0.4 is 0 Å². The highest BCUT2D eigenvalue weighted by molar-refractivity contribution is 5.69. The molecule has 2 nitrogen and oxygen atoms in total. The minimum Gasteiger partial charge on any atom is -0.459 e. The molecule has 2 heteroatoms. The third-order valence-corrected chi connectivity index (χ3v) is 6.98. The molecule has 176 valence electrons. The maximum atomic E-state index is 12.3. The lowest BCUT2D eigenvalue weighted by molar-refractivity contribution is -0.162. The second kappa shape index (κ2) is 16.8. The van der Waals surface area contributed by atoms with Gasteiger partial charge >= 0.3 is 5.97 Å². The zero-order valence-corrected chi connectivity index (χ0v) is 20.9. The van der Waals surface area contributed by atoms with Gasteiger partial charge in [0.05, 0.1) is 0 Å². The number of allylic oxidation sites excluding steroid dienone is 2. The molecule has 0 spiro atoms. The summed E-state index contributed by atoms with van der Waals surface area (Å²) in [4.78, 5) is 12.3. The summed E-state index contributed by atoms with van der Waals surface area (Å²) in [7, 11) is 0. The van der Waals surface area contributed by atoms with Crippen LogP contribution in [0.5, 0.6) is 0 Å². The van der Waals surface area contributed by atoms with E-state index in [9.17, 15) is 4.79 Å². The Bertz CT molecular complexity index is 463. The molecule has 0 N–H and O–H groups in total. The Labute approximate surface area is 188 Å². The Morgan fingerprint density at radius 1 is 0.867 bits per heavy atom. The van der Waals surface area contributed by atoms with Gasteiger partial charge in [-0.05, 0) is 46.5 Å². The molecule has 1 rings (SSSR count). The fourth-order valence-corrected chi connectivity index (χ4v) is 4.67. The maximum Gasteiger partial charge on any atom is 0.306 e. The van der Waals surface area contributed by atoms with E-state index in [4.69, 9.17) is 4.74 Å². The van der Waals surface area contributed by atoms with Gasteiger partial charge in [-0.1, -0.05) is 108 Å². The number of carbonyl (C=O) groups is 1. The summed E-state index contributed by atoms with van der Waals surface area (Å²) in [6.07, 6.45) is 26.5. The Morgan fingerprint density at radius 3 is 1.77 bits per heavy atom. The monoisotopic (exact) mass is 420 g/mol. The smallest absolute Gasteiger partial charge is 0.306 e. The molecule has 0 saturated carbocycles. The standard InChI is InChI=1S/C28H52O2/c1-5-6-7-8-9-10-11-12-13-14-15-16-17-18-19-20-27(29)30-28(3,4)26-23-21-25(2)22-24-26/h21,26H,5-20,22-24H2,1-4H3. The number of ether oxygens (including phenoxy) is 1. The van der Waals surface area contributed by atoms with Gasteiger partial charge in [-0.2, -0.15) is 0 Å². The lowest BCUT2D eigenvalue weighted by Gasteiger charge is -2.35. The predicted molar refractivity (Wildman–Crippen MR) is 131 cm³/mol. The second-order valence-electron chi connectivity index (χ2n) is 10.3. The van der Waals surface area contributed by atoms with Gasteiger partial charge in [0.2, 0.25) is 0 Å². The van der Waals surface area contributed by atoms with Crippen LogP contribution in [0.15, 0.2) is 11.6 Å². The Morgan fingerprint density at radius 2 is 1.33 bits per heavy atom. The van der Waals surface area contributed by atoms with E-state index >= 15 is 0 Å². The molecule has 0 bridgehead atoms. The molecule has 1 aliphatic rings. The van der Waals surface area contributed by atoms with E-state index in [1.54, 1.807) is 0 Å². The molecular weight excluding hydrogens is 368 g/mol. The van der Waals surface area contributed by atoms with Crippen molar-refractivity contribution in [1.29, 1.82) is 0 Å². The largest absolute Gasteiger partial charge is 0.459 e. The first-order valence-corrected chi connectivity index (χ1v) is 13.3. The van der Waals surface area contributed by atoms with E-state index in [1.807, 2.05) is 0 Å². The molecule has 0 amide bonds. The number of hydrogen-bond acceptors (Lipinski definition) is 2. The van der Waals surface area contributed by atoms with Crippen molar-refractivity contribution < 1.29 is 9.53 Å². The van der Waals surface area contributed by atoms with Crippen LogP contribution in [-0.4, -0.2) is 11.6 Å². The van der Waals surface area contributed by atoms with Gasteiger partial charge in [-0.25, -0.2) is 0 Å². The minimum absolute atomic E-state index is 0.000897. The Hall–Kier alpha value is -0.790. The molecule has 1 unspecified atom stereocenters. The van der Waals surface area contributed by atoms with Crippen molar-refractivity contribution in [2.45, 2.75) is 155 Å². The lowest BCUT2D eigenvalue weighted by Crippen LogP contribution is -2.37. The van der Waals surface area contributed by atoms with Crippen LogP contribution in [0.1, 0.15) is 150 Å². The van der Waals surface area contributed by atoms with Crippen molar-refractivity contribution >= 4 is 5.97 Å². The number of esters is 1. The Kier molecular flexibility index (Phi) is 15.3. The van der Waals surface area contributed by atoms with Crippen LogP contribution >= 0.6 is 0 Å². The third-order valence-electron chi connectivity index (χ3n) is 6.98. The van der Waals surface area contributed by atoms with Crippen molar-refractivity contribution in [1.82, 2.24) is 0 Å². The van der Waals surface area contributed by atoms with Gasteiger partial charge in [0.15, 0.2) is 0 Å². The van der Waals surface area contributed by atoms with Gasteiger partial charge in [0.25, 0.3) is 0 Å². The van der Waals surface area contributed by atoms with Crippen LogP contribution in [0.25, 0.3) is 0 Å². The summed E-state index contributed by atoms with van der Waals surface area (Å²) in [5.74, 6) is 0.465. The van der Waals surface area contributed by atoms with Crippen LogP contribution in [0.3, 0.4) is 0 Å². The molecule has 0 fully saturated rings. The third kappa shape index (κ3) is 13.5. The summed E-state index contributed by atoms with van der Waals surface area (Å²) < 4.78 is 5.86. The molecular formula is C28H52O2. The van der Waals surface area contributed by atoms with Gasteiger partial charge in [-0.15, -0.1) is 0 Å². The Balaban J connectivity index is 1.90. The van der Waals surface area contributed by atoms with Crippen molar-refractivity contribution in [3.05, 3.63) is 11.6 Å². The van der Waals surface area contributed by atoms with Gasteiger partial charge < -0.3 is 4.74 Å². The first-order chi connectivity index (χ1) is 14.5. The fourth-order valence-electron chi connectivity index (χ4n) is 4.67. The molecule has 0 heterocycles. The van der Waals surface area contributed by atoms with Crippen molar-refractivity contribution in [2.24, 2.45) is 5.92 Å². The topological polar surface area (TPSA) is 26.3 Å². The number of rotatable bonds is 18. The van der Waals surface area contributed by atoms with Crippen LogP contribution in [-0.2, 0) is 9.53 Å². The number of carbonyl (C=O) groups excluding carboxylic acids is 1. The highest BCUT2D eigenvalue weighted by Crippen LogP contribution is 2.34. The molecule has 1 aliphatic carbocycles. The quantitative estimate of drug-likeness (QED) is 0.125. The van der Waals surface area contributed by atoms with Gasteiger partial charge in [0, 0.05) is 12.3 Å². The first kappa shape index (κ1) is 27.2. The van der Waals surface area contributed by atoms with E-state index in [2.05, 4.69) is 33.8 Å². The molecule has 30 heavy (non-hydrogen) atoms. The second-order valence-corrected chi connectivity index (χ2v) is 10.3. The summed E-state index contributed by atoms with van der Waals surface area (Å²) in [6, 6.07) is 0. The summed E-state index contributed by atoms with van der Waals surface area (Å²) in [5, 5.41) is 0. The molecule has 1 atom stereocenters. The van der Waals surface area contributed by atoms with Crippen molar-refractivity contribution in [2.75, 3.05) is 0 Å². The summed E-state index contributed by atoms with van der Waals surface area (Å²) in [6.45, 7) is 8.67. The molecule has 0 aliphatic heterocycles. The molecule has 0 radical (unpaired) electrons. The van der Waals surface area contributed by atoms with Gasteiger partial charge in [0.1, 0.15) is 5.60 Å². The highest BCUT2D eigenvalue weighted by Gasteiger charge is 2.33. The van der Waals surface area contributed by atoms with Gasteiger partial charge in [-0.3, -0.25) is 4.79 Å². The highest BCUT2D eigenvalue weighted by atomic mass is 16.6. The van der Waals surface area contributed by atoms with E-state index < -0.39 is 0 Å². The SMILES string of the molecule is CCCCCCCCCCCCCCCCCC(=O)OC(C)(C)C1CC=C(C)CC1. The van der Waals surface area contributed by atoms with Crippen LogP contribution in [0.2, 0.25) is 0 Å². The molecule has 0 saturated heterocycles. The molecule has 0 aromatic rings. The van der Waals surface area contributed by atoms with E-state index in [0.717, 1.165) is 25.7 Å². The van der Waals surface area contributed by atoms with Crippen LogP contribution in [0.4, 0.5) is 0 Å². The predicted octanol–water partition coefficient (Wildman–Crippen LogP) is 9.32.